The summed E-state index contributed by atoms with van der Waals surface area (Å²) in [7, 11) is 0. The molecule has 1 atom stereocenters. The van der Waals surface area contributed by atoms with Gasteiger partial charge in [-0.25, -0.2) is 9.18 Å². The van der Waals surface area contributed by atoms with E-state index >= 15 is 0 Å². The van der Waals surface area contributed by atoms with Crippen LogP contribution in [0.4, 0.5) is 14.9 Å². The number of carbonyl (C=O) groups is 2. The van der Waals surface area contributed by atoms with Crippen LogP contribution in [-0.4, -0.2) is 31.1 Å². The Morgan fingerprint density at radius 3 is 2.67 bits per heavy atom. The van der Waals surface area contributed by atoms with Gasteiger partial charge >= 0.3 is 6.03 Å². The number of halogens is 1. The van der Waals surface area contributed by atoms with E-state index in [2.05, 4.69) is 10.6 Å². The zero-order valence-corrected chi connectivity index (χ0v) is 12.2. The summed E-state index contributed by atoms with van der Waals surface area (Å²) in [6.07, 6.45) is 0.256. The van der Waals surface area contributed by atoms with Crippen molar-refractivity contribution in [2.45, 2.75) is 26.3 Å². The number of rotatable bonds is 4. The van der Waals surface area contributed by atoms with Gasteiger partial charge in [0.15, 0.2) is 0 Å². The Bertz CT molecular complexity index is 516. The molecule has 0 bridgehead atoms. The second kappa shape index (κ2) is 6.56. The molecule has 1 fully saturated rings. The lowest BCUT2D eigenvalue weighted by Crippen LogP contribution is -2.44. The summed E-state index contributed by atoms with van der Waals surface area (Å²) in [6, 6.07) is 5.28. The first-order valence-corrected chi connectivity index (χ1v) is 7.06. The van der Waals surface area contributed by atoms with E-state index in [4.69, 9.17) is 0 Å². The van der Waals surface area contributed by atoms with Gasteiger partial charge in [0.2, 0.25) is 5.91 Å². The molecule has 114 valence electrons. The van der Waals surface area contributed by atoms with Crippen LogP contribution in [0.3, 0.4) is 0 Å². The van der Waals surface area contributed by atoms with E-state index in [1.54, 1.807) is 17.0 Å². The number of hydrogen-bond donors (Lipinski definition) is 2. The first-order chi connectivity index (χ1) is 9.95. The first-order valence-electron chi connectivity index (χ1n) is 7.06. The summed E-state index contributed by atoms with van der Waals surface area (Å²) in [5.41, 5.74) is 0.647. The maximum absolute atomic E-state index is 12.9. The summed E-state index contributed by atoms with van der Waals surface area (Å²) >= 11 is 0. The van der Waals surface area contributed by atoms with E-state index in [1.807, 2.05) is 13.8 Å². The summed E-state index contributed by atoms with van der Waals surface area (Å²) in [6.45, 7) is 5.01. The van der Waals surface area contributed by atoms with Gasteiger partial charge in [-0.15, -0.1) is 0 Å². The Hall–Kier alpha value is -2.11. The lowest BCUT2D eigenvalue weighted by molar-refractivity contribution is -0.117. The zero-order chi connectivity index (χ0) is 15.4. The van der Waals surface area contributed by atoms with Crippen molar-refractivity contribution in [2.75, 3.05) is 18.0 Å². The molecule has 1 aliphatic rings. The standard InChI is InChI=1S/C15H20FN3O2/c1-10(2)8-17-15(21)18-12-7-14(20)19(9-12)13-5-3-11(16)4-6-13/h3-6,10,12H,7-9H2,1-2H3,(H2,17,18,21)/t12-/m1/s1. The average Bonchev–Trinajstić information content (AvgIpc) is 2.78. The third-order valence-corrected chi connectivity index (χ3v) is 3.27. The zero-order valence-electron chi connectivity index (χ0n) is 12.2. The monoisotopic (exact) mass is 293 g/mol. The molecule has 6 heteroatoms. The van der Waals surface area contributed by atoms with Gasteiger partial charge < -0.3 is 15.5 Å². The third-order valence-electron chi connectivity index (χ3n) is 3.27. The van der Waals surface area contributed by atoms with E-state index in [9.17, 15) is 14.0 Å². The van der Waals surface area contributed by atoms with E-state index < -0.39 is 0 Å². The molecule has 3 amide bonds. The van der Waals surface area contributed by atoms with Crippen molar-refractivity contribution in [1.82, 2.24) is 10.6 Å². The number of anilines is 1. The predicted molar refractivity (Wildman–Crippen MR) is 78.5 cm³/mol. The number of nitrogens with zero attached hydrogens (tertiary/aromatic N) is 1. The van der Waals surface area contributed by atoms with E-state index in [0.29, 0.717) is 24.7 Å². The van der Waals surface area contributed by atoms with Crippen molar-refractivity contribution >= 4 is 17.6 Å². The predicted octanol–water partition coefficient (Wildman–Crippen LogP) is 1.89. The van der Waals surface area contributed by atoms with Crippen molar-refractivity contribution in [2.24, 2.45) is 5.92 Å². The molecule has 1 saturated heterocycles. The van der Waals surface area contributed by atoms with Crippen LogP contribution in [0.5, 0.6) is 0 Å². The molecule has 0 radical (unpaired) electrons. The molecule has 2 rings (SSSR count). The quantitative estimate of drug-likeness (QED) is 0.890. The number of nitrogens with one attached hydrogen (secondary N) is 2. The van der Waals surface area contributed by atoms with Crippen LogP contribution in [0, 0.1) is 11.7 Å². The van der Waals surface area contributed by atoms with Crippen LogP contribution in [0.2, 0.25) is 0 Å². The second-order valence-electron chi connectivity index (χ2n) is 5.63. The summed E-state index contributed by atoms with van der Waals surface area (Å²) in [4.78, 5) is 25.2. The number of carbonyl (C=O) groups excluding carboxylic acids is 2. The largest absolute Gasteiger partial charge is 0.338 e. The Labute approximate surface area is 123 Å². The lowest BCUT2D eigenvalue weighted by Gasteiger charge is -2.17. The Morgan fingerprint density at radius 2 is 2.05 bits per heavy atom. The molecule has 0 aliphatic carbocycles. The normalized spacial score (nSPS) is 18.2. The van der Waals surface area contributed by atoms with Gasteiger partial charge in [-0.3, -0.25) is 4.79 Å². The summed E-state index contributed by atoms with van der Waals surface area (Å²) in [5, 5.41) is 5.55. The molecule has 1 aliphatic heterocycles. The highest BCUT2D eigenvalue weighted by Crippen LogP contribution is 2.21. The van der Waals surface area contributed by atoms with Gasteiger partial charge in [-0.2, -0.15) is 0 Å². The number of hydrogen-bond acceptors (Lipinski definition) is 2. The van der Waals surface area contributed by atoms with Gasteiger partial charge in [-0.05, 0) is 30.2 Å². The van der Waals surface area contributed by atoms with Gasteiger partial charge in [0.05, 0.1) is 6.04 Å². The number of amides is 3. The highest BCUT2D eigenvalue weighted by atomic mass is 19.1. The maximum atomic E-state index is 12.9. The van der Waals surface area contributed by atoms with Crippen LogP contribution in [0.25, 0.3) is 0 Å². The van der Waals surface area contributed by atoms with Crippen molar-refractivity contribution in [1.29, 1.82) is 0 Å². The van der Waals surface area contributed by atoms with Crippen LogP contribution < -0.4 is 15.5 Å². The van der Waals surface area contributed by atoms with E-state index in [-0.39, 0.29) is 30.2 Å². The molecule has 5 nitrogen and oxygen atoms in total. The first kappa shape index (κ1) is 15.3. The van der Waals surface area contributed by atoms with Crippen LogP contribution in [0.1, 0.15) is 20.3 Å². The molecule has 1 aromatic rings. The topological polar surface area (TPSA) is 61.4 Å². The lowest BCUT2D eigenvalue weighted by atomic mass is 10.2. The molecule has 0 spiro atoms. The fourth-order valence-electron chi connectivity index (χ4n) is 2.21. The fraction of sp³-hybridized carbons (Fsp3) is 0.467. The summed E-state index contributed by atoms with van der Waals surface area (Å²) < 4.78 is 12.9. The van der Waals surface area contributed by atoms with Gasteiger partial charge in [0, 0.05) is 25.2 Å². The number of benzene rings is 1. The van der Waals surface area contributed by atoms with Gasteiger partial charge in [0.25, 0.3) is 0 Å². The maximum Gasteiger partial charge on any atom is 0.315 e. The molecule has 1 heterocycles. The Morgan fingerprint density at radius 1 is 1.38 bits per heavy atom. The highest BCUT2D eigenvalue weighted by Gasteiger charge is 2.31. The van der Waals surface area contributed by atoms with E-state index in [1.165, 1.54) is 12.1 Å². The van der Waals surface area contributed by atoms with Crippen molar-refractivity contribution in [3.8, 4) is 0 Å². The van der Waals surface area contributed by atoms with Crippen LogP contribution >= 0.6 is 0 Å². The van der Waals surface area contributed by atoms with Crippen molar-refractivity contribution < 1.29 is 14.0 Å². The van der Waals surface area contributed by atoms with Gasteiger partial charge in [-0.1, -0.05) is 13.8 Å². The molecule has 0 aromatic heterocycles. The molecular weight excluding hydrogens is 273 g/mol. The highest BCUT2D eigenvalue weighted by molar-refractivity contribution is 5.96. The number of urea groups is 1. The second-order valence-corrected chi connectivity index (χ2v) is 5.63. The average molecular weight is 293 g/mol. The molecule has 21 heavy (non-hydrogen) atoms. The van der Waals surface area contributed by atoms with Crippen LogP contribution in [-0.2, 0) is 4.79 Å². The fourth-order valence-corrected chi connectivity index (χ4v) is 2.21. The van der Waals surface area contributed by atoms with Gasteiger partial charge in [0.1, 0.15) is 5.82 Å². The Kier molecular flexibility index (Phi) is 4.77. The van der Waals surface area contributed by atoms with Crippen molar-refractivity contribution in [3.05, 3.63) is 30.1 Å². The SMILES string of the molecule is CC(C)CNC(=O)N[C@@H]1CC(=O)N(c2ccc(F)cc2)C1. The molecule has 1 aromatic carbocycles. The smallest absolute Gasteiger partial charge is 0.315 e. The Balaban J connectivity index is 1.90. The molecule has 0 saturated carbocycles. The van der Waals surface area contributed by atoms with E-state index in [0.717, 1.165) is 0 Å². The summed E-state index contributed by atoms with van der Waals surface area (Å²) in [5.74, 6) is -0.0411. The van der Waals surface area contributed by atoms with Crippen LogP contribution in [0.15, 0.2) is 24.3 Å². The third kappa shape index (κ3) is 4.18. The molecule has 2 N–H and O–H groups in total. The molecule has 0 unspecified atom stereocenters. The minimum atomic E-state index is -0.340. The van der Waals surface area contributed by atoms with Crippen molar-refractivity contribution in [3.63, 3.8) is 0 Å². The minimum Gasteiger partial charge on any atom is -0.338 e. The molecular formula is C15H20FN3O2. The minimum absolute atomic E-state index is 0.0734.